The van der Waals surface area contributed by atoms with Gasteiger partial charge in [0, 0.05) is 23.9 Å². The third kappa shape index (κ3) is 7.09. The second kappa shape index (κ2) is 15.4. The van der Waals surface area contributed by atoms with Crippen molar-refractivity contribution in [3.8, 4) is 50.3 Å². The van der Waals surface area contributed by atoms with Gasteiger partial charge in [0.2, 0.25) is 0 Å². The molecule has 0 fully saturated rings. The van der Waals surface area contributed by atoms with E-state index in [2.05, 4.69) is 129 Å². The van der Waals surface area contributed by atoms with Gasteiger partial charge in [-0.05, 0) is 57.9 Å². The van der Waals surface area contributed by atoms with Crippen LogP contribution in [0.2, 0.25) is 0 Å². The van der Waals surface area contributed by atoms with E-state index < -0.39 is 0 Å². The van der Waals surface area contributed by atoms with Gasteiger partial charge >= 0.3 is 21.1 Å². The molecule has 2 aromatic heterocycles. The Morgan fingerprint density at radius 2 is 1.37 bits per heavy atom. The summed E-state index contributed by atoms with van der Waals surface area (Å²) < 4.78 is 2.11. The fourth-order valence-corrected chi connectivity index (χ4v) is 6.89. The Bertz CT molecular complexity index is 2300. The number of amides is 1. The topological polar surface area (TPSA) is 61.9 Å². The molecular weight excluding hydrogens is 808 g/mol. The normalized spacial score (nSPS) is 11.2. The number of likely N-dealkylation sites (N-methyl/N-ethyl adjacent to an activating group) is 1. The first-order chi connectivity index (χ1) is 24.3. The molecule has 7 rings (SSSR count). The summed E-state index contributed by atoms with van der Waals surface area (Å²) in [6.07, 6.45) is 1.99. The summed E-state index contributed by atoms with van der Waals surface area (Å²) in [6, 6.07) is 45.6. The molecule has 256 valence electrons. The SMILES string of the molecule is C[N-]C(=O)Cc1nc2c(-c3[c-]c(-c4cc(-c5c(C(C)C)cccc5C(C)C)ccn4)ccc3)cccc2n1-c1ccccc1-c1ccccc1.[Pt+2]. The molecule has 0 radical (unpaired) electrons. The van der Waals surface area contributed by atoms with Crippen molar-refractivity contribution in [1.29, 1.82) is 0 Å². The molecule has 0 aliphatic carbocycles. The average Bonchev–Trinajstić information content (AvgIpc) is 3.52. The number of rotatable bonds is 9. The minimum Gasteiger partial charge on any atom is -0.656 e. The van der Waals surface area contributed by atoms with E-state index in [0.29, 0.717) is 17.7 Å². The molecule has 0 aliphatic heterocycles. The van der Waals surface area contributed by atoms with E-state index in [1.165, 1.54) is 23.7 Å². The zero-order valence-corrected chi connectivity index (χ0v) is 31.8. The van der Waals surface area contributed by atoms with Crippen LogP contribution in [-0.2, 0) is 32.3 Å². The van der Waals surface area contributed by atoms with Crippen molar-refractivity contribution in [3.63, 3.8) is 0 Å². The summed E-state index contributed by atoms with van der Waals surface area (Å²) in [4.78, 5) is 22.7. The zero-order valence-electron chi connectivity index (χ0n) is 29.5. The molecule has 0 saturated carbocycles. The summed E-state index contributed by atoms with van der Waals surface area (Å²) in [5.41, 5.74) is 13.6. The number of benzene rings is 5. The molecule has 1 amide bonds. The van der Waals surface area contributed by atoms with Crippen LogP contribution in [0.5, 0.6) is 0 Å². The standard InChI is InChI=1S/C45H41N4O.Pt/c1-29(2)35-19-12-20-36(30(3)4)44(35)34-24-25-47-39(27-34)33-17-11-16-32(26-33)38-21-13-23-41-45(38)48-42(28-43(50)46-5)49(41)40-22-10-9-18-37(40)31-14-7-6-8-15-31;/h6-25,27,29-30H,28H2,1-5H3,(H,46,50);/q-1;+2/p-1. The summed E-state index contributed by atoms with van der Waals surface area (Å²) in [5.74, 6) is 1.20. The first kappa shape index (κ1) is 35.7. The maximum Gasteiger partial charge on any atom is 2.00 e. The minimum absolute atomic E-state index is 0. The van der Waals surface area contributed by atoms with Crippen LogP contribution in [0, 0.1) is 6.07 Å². The predicted octanol–water partition coefficient (Wildman–Crippen LogP) is 11.2. The molecule has 51 heavy (non-hydrogen) atoms. The minimum atomic E-state index is -0.223. The van der Waals surface area contributed by atoms with E-state index >= 15 is 0 Å². The van der Waals surface area contributed by atoms with Crippen molar-refractivity contribution in [2.24, 2.45) is 0 Å². The first-order valence-corrected chi connectivity index (χ1v) is 17.2. The van der Waals surface area contributed by atoms with Gasteiger partial charge in [-0.1, -0.05) is 124 Å². The first-order valence-electron chi connectivity index (χ1n) is 17.2. The molecule has 5 nitrogen and oxygen atoms in total. The monoisotopic (exact) mass is 847 g/mol. The van der Waals surface area contributed by atoms with Crippen LogP contribution in [-0.4, -0.2) is 27.5 Å². The van der Waals surface area contributed by atoms with Crippen molar-refractivity contribution < 1.29 is 25.9 Å². The summed E-state index contributed by atoms with van der Waals surface area (Å²) in [6.45, 7) is 9.01. The van der Waals surface area contributed by atoms with Gasteiger partial charge in [-0.2, -0.15) is 0 Å². The number of hydrogen-bond acceptors (Lipinski definition) is 3. The Labute approximate surface area is 315 Å². The maximum atomic E-state index is 12.8. The van der Waals surface area contributed by atoms with Crippen molar-refractivity contribution >= 4 is 16.9 Å². The van der Waals surface area contributed by atoms with Gasteiger partial charge in [-0.15, -0.1) is 36.9 Å². The van der Waals surface area contributed by atoms with Crippen LogP contribution in [0.25, 0.3) is 66.7 Å². The molecule has 2 heterocycles. The second-order valence-corrected chi connectivity index (χ2v) is 13.2. The predicted molar refractivity (Wildman–Crippen MR) is 206 cm³/mol. The fraction of sp³-hybridized carbons (Fsp3) is 0.178. The molecule has 0 saturated heterocycles. The van der Waals surface area contributed by atoms with E-state index in [9.17, 15) is 4.79 Å². The molecule has 0 N–H and O–H groups in total. The zero-order chi connectivity index (χ0) is 34.8. The molecule has 0 bridgehead atoms. The number of carbonyl (C=O) groups excluding carboxylic acids is 1. The fourth-order valence-electron chi connectivity index (χ4n) is 6.89. The third-order valence-electron chi connectivity index (χ3n) is 9.33. The number of hydrogen-bond donors (Lipinski definition) is 0. The third-order valence-corrected chi connectivity index (χ3v) is 9.33. The van der Waals surface area contributed by atoms with Gasteiger partial charge in [0.15, 0.2) is 0 Å². The Balaban J connectivity index is 0.00000448. The summed E-state index contributed by atoms with van der Waals surface area (Å²) >= 11 is 0. The van der Waals surface area contributed by atoms with Crippen LogP contribution in [0.15, 0.2) is 128 Å². The van der Waals surface area contributed by atoms with Crippen LogP contribution < -0.4 is 0 Å². The number of fused-ring (bicyclic) bond motifs is 1. The van der Waals surface area contributed by atoms with Crippen molar-refractivity contribution in [2.75, 3.05) is 7.05 Å². The summed E-state index contributed by atoms with van der Waals surface area (Å²) in [5, 5.41) is 3.95. The molecule has 7 aromatic rings. The number of imidazole rings is 1. The summed E-state index contributed by atoms with van der Waals surface area (Å²) in [7, 11) is 1.53. The second-order valence-electron chi connectivity index (χ2n) is 13.2. The Kier molecular flexibility index (Phi) is 10.8. The van der Waals surface area contributed by atoms with Gasteiger partial charge < -0.3 is 10.1 Å². The molecule has 5 aromatic carbocycles. The van der Waals surface area contributed by atoms with Crippen molar-refractivity contribution in [3.05, 3.63) is 156 Å². The van der Waals surface area contributed by atoms with Gasteiger partial charge in [0.1, 0.15) is 5.82 Å². The van der Waals surface area contributed by atoms with E-state index in [0.717, 1.165) is 55.8 Å². The Hall–Kier alpha value is -5.12. The van der Waals surface area contributed by atoms with E-state index in [1.807, 2.05) is 42.6 Å². The molecular formula is C45H40N4OPt. The Morgan fingerprint density at radius 1 is 0.725 bits per heavy atom. The largest absolute Gasteiger partial charge is 2.00 e. The van der Waals surface area contributed by atoms with Gasteiger partial charge in [-0.3, -0.25) is 9.55 Å². The maximum absolute atomic E-state index is 12.8. The van der Waals surface area contributed by atoms with Crippen LogP contribution in [0.4, 0.5) is 0 Å². The average molecular weight is 848 g/mol. The van der Waals surface area contributed by atoms with Crippen LogP contribution in [0.1, 0.15) is 56.5 Å². The molecule has 0 unspecified atom stereocenters. The number of para-hydroxylation sites is 2. The molecule has 0 spiro atoms. The van der Waals surface area contributed by atoms with Crippen LogP contribution in [0.3, 0.4) is 0 Å². The number of carbonyl (C=O) groups is 1. The van der Waals surface area contributed by atoms with E-state index in [1.54, 1.807) is 0 Å². The van der Waals surface area contributed by atoms with Crippen molar-refractivity contribution in [1.82, 2.24) is 14.5 Å². The molecule has 0 aliphatic rings. The van der Waals surface area contributed by atoms with E-state index in [4.69, 9.17) is 9.97 Å². The number of aromatic nitrogens is 3. The van der Waals surface area contributed by atoms with E-state index in [-0.39, 0.29) is 33.4 Å². The van der Waals surface area contributed by atoms with Crippen LogP contribution >= 0.6 is 0 Å². The Morgan fingerprint density at radius 3 is 2.10 bits per heavy atom. The number of nitrogens with zero attached hydrogens (tertiary/aromatic N) is 4. The van der Waals surface area contributed by atoms with Crippen molar-refractivity contribution in [2.45, 2.75) is 46.0 Å². The van der Waals surface area contributed by atoms with Gasteiger partial charge in [0.25, 0.3) is 0 Å². The number of pyridine rings is 1. The smallest absolute Gasteiger partial charge is 0.656 e. The molecule has 0 atom stereocenters. The quantitative estimate of drug-likeness (QED) is 0.136. The van der Waals surface area contributed by atoms with Gasteiger partial charge in [0.05, 0.1) is 22.6 Å². The van der Waals surface area contributed by atoms with Gasteiger partial charge in [-0.25, -0.2) is 4.98 Å². The molecule has 6 heteroatoms.